The Labute approximate surface area is 169 Å². The number of nitrogens with zero attached hydrogens (tertiary/aromatic N) is 4. The average molecular weight is 398 g/mol. The Morgan fingerprint density at radius 3 is 2.68 bits per heavy atom. The Kier molecular flexibility index (Phi) is 5.50. The van der Waals surface area contributed by atoms with Gasteiger partial charge in [-0.25, -0.2) is 0 Å². The molecule has 2 aromatic heterocycles. The highest BCUT2D eigenvalue weighted by Crippen LogP contribution is 2.26. The molecule has 28 heavy (non-hydrogen) atoms. The zero-order chi connectivity index (χ0) is 19.5. The van der Waals surface area contributed by atoms with Crippen LogP contribution in [0.5, 0.6) is 0 Å². The fourth-order valence-corrected chi connectivity index (χ4v) is 4.08. The summed E-state index contributed by atoms with van der Waals surface area (Å²) in [6.45, 7) is 2.60. The van der Waals surface area contributed by atoms with Crippen LogP contribution in [0.4, 0.5) is 0 Å². The van der Waals surface area contributed by atoms with Gasteiger partial charge in [0.2, 0.25) is 0 Å². The number of carbonyl (C=O) groups is 1. The molecule has 0 saturated carbocycles. The van der Waals surface area contributed by atoms with Crippen LogP contribution in [0.3, 0.4) is 0 Å². The van der Waals surface area contributed by atoms with E-state index in [0.29, 0.717) is 12.1 Å². The molecule has 4 rings (SSSR count). The number of aromatic nitrogens is 3. The van der Waals surface area contributed by atoms with Gasteiger partial charge in [0.1, 0.15) is 11.4 Å². The van der Waals surface area contributed by atoms with Gasteiger partial charge >= 0.3 is 0 Å². The van der Waals surface area contributed by atoms with Crippen molar-refractivity contribution in [2.24, 2.45) is 7.05 Å². The van der Waals surface area contributed by atoms with Gasteiger partial charge < -0.3 is 9.88 Å². The number of benzene rings is 1. The fraction of sp³-hybridized carbons (Fsp3) is 0.333. The molecule has 1 amide bonds. The number of nitrogens with one attached hydrogen (secondary N) is 1. The first-order chi connectivity index (χ1) is 13.6. The molecule has 1 unspecified atom stereocenters. The van der Waals surface area contributed by atoms with Crippen molar-refractivity contribution in [1.82, 2.24) is 24.6 Å². The third kappa shape index (κ3) is 3.84. The number of carbonyl (C=O) groups excluding carboxylic acids is 1. The summed E-state index contributed by atoms with van der Waals surface area (Å²) in [6.07, 6.45) is 7.81. The summed E-state index contributed by atoms with van der Waals surface area (Å²) >= 11 is 6.22. The van der Waals surface area contributed by atoms with E-state index in [1.165, 1.54) is 12.8 Å². The molecule has 0 bridgehead atoms. The largest absolute Gasteiger partial charge is 0.350 e. The number of rotatable bonds is 6. The Morgan fingerprint density at radius 1 is 1.21 bits per heavy atom. The van der Waals surface area contributed by atoms with Gasteiger partial charge in [-0.05, 0) is 55.8 Å². The quantitative estimate of drug-likeness (QED) is 0.693. The summed E-state index contributed by atoms with van der Waals surface area (Å²) in [5.41, 5.74) is 1.69. The van der Waals surface area contributed by atoms with E-state index in [1.54, 1.807) is 10.9 Å². The fourth-order valence-electron chi connectivity index (χ4n) is 3.88. The Bertz CT molecular complexity index is 944. The highest BCUT2D eigenvalue weighted by Gasteiger charge is 2.25. The van der Waals surface area contributed by atoms with Crippen LogP contribution < -0.4 is 5.32 Å². The average Bonchev–Trinajstić information content (AvgIpc) is 3.43. The molecule has 1 fully saturated rings. The molecule has 1 saturated heterocycles. The van der Waals surface area contributed by atoms with Crippen molar-refractivity contribution in [2.75, 3.05) is 19.6 Å². The van der Waals surface area contributed by atoms with Gasteiger partial charge in [0.15, 0.2) is 0 Å². The van der Waals surface area contributed by atoms with E-state index in [2.05, 4.69) is 21.4 Å². The Balaban J connectivity index is 1.54. The van der Waals surface area contributed by atoms with Crippen LogP contribution >= 0.6 is 11.6 Å². The second-order valence-corrected chi connectivity index (χ2v) is 7.56. The smallest absolute Gasteiger partial charge is 0.256 e. The number of aryl methyl sites for hydroxylation is 1. The maximum absolute atomic E-state index is 13.0. The molecule has 1 aliphatic heterocycles. The lowest BCUT2D eigenvalue weighted by Crippen LogP contribution is -2.37. The van der Waals surface area contributed by atoms with E-state index in [4.69, 9.17) is 11.6 Å². The molecule has 0 radical (unpaired) electrons. The van der Waals surface area contributed by atoms with Crippen molar-refractivity contribution in [2.45, 2.75) is 18.9 Å². The van der Waals surface area contributed by atoms with Crippen LogP contribution in [0, 0.1) is 0 Å². The van der Waals surface area contributed by atoms with Gasteiger partial charge in [-0.2, -0.15) is 5.10 Å². The van der Waals surface area contributed by atoms with E-state index < -0.39 is 0 Å². The maximum atomic E-state index is 13.0. The molecule has 6 nitrogen and oxygen atoms in total. The van der Waals surface area contributed by atoms with E-state index in [1.807, 2.05) is 54.3 Å². The van der Waals surface area contributed by atoms with Crippen LogP contribution in [0.15, 0.2) is 55.0 Å². The van der Waals surface area contributed by atoms with Crippen LogP contribution in [0.25, 0.3) is 5.82 Å². The second kappa shape index (κ2) is 8.20. The number of halogens is 1. The van der Waals surface area contributed by atoms with Crippen molar-refractivity contribution in [1.29, 1.82) is 0 Å². The third-order valence-corrected chi connectivity index (χ3v) is 5.51. The zero-order valence-electron chi connectivity index (χ0n) is 15.9. The number of likely N-dealkylation sites (tertiary alicyclic amines) is 1. The zero-order valence-corrected chi connectivity index (χ0v) is 16.6. The molecule has 1 N–H and O–H groups in total. The monoisotopic (exact) mass is 397 g/mol. The topological polar surface area (TPSA) is 55.1 Å². The van der Waals surface area contributed by atoms with Crippen molar-refractivity contribution in [3.05, 3.63) is 71.1 Å². The summed E-state index contributed by atoms with van der Waals surface area (Å²) in [4.78, 5) is 15.4. The molecule has 146 valence electrons. The van der Waals surface area contributed by atoms with Crippen molar-refractivity contribution in [3.63, 3.8) is 0 Å². The Morgan fingerprint density at radius 2 is 1.96 bits per heavy atom. The van der Waals surface area contributed by atoms with Crippen LogP contribution in [-0.4, -0.2) is 44.8 Å². The van der Waals surface area contributed by atoms with E-state index >= 15 is 0 Å². The summed E-state index contributed by atoms with van der Waals surface area (Å²) in [5, 5.41) is 8.11. The minimum atomic E-state index is -0.122. The lowest BCUT2D eigenvalue weighted by molar-refractivity contribution is 0.0938. The molecule has 0 spiro atoms. The Hall–Kier alpha value is -2.57. The predicted octanol–water partition coefficient (Wildman–Crippen LogP) is 3.43. The summed E-state index contributed by atoms with van der Waals surface area (Å²) in [5.74, 6) is 0.631. The SMILES string of the molecule is Cn1ncc(C(=O)NCC(c2cccc(Cl)c2)N2CCCC2)c1-n1cccc1. The second-order valence-electron chi connectivity index (χ2n) is 7.12. The van der Waals surface area contributed by atoms with E-state index in [0.717, 1.165) is 29.5 Å². The van der Waals surface area contributed by atoms with Crippen LogP contribution in [0.1, 0.15) is 34.8 Å². The minimum Gasteiger partial charge on any atom is -0.350 e. The van der Waals surface area contributed by atoms with Gasteiger partial charge in [0.25, 0.3) is 5.91 Å². The lowest BCUT2D eigenvalue weighted by Gasteiger charge is -2.28. The van der Waals surface area contributed by atoms with Crippen LogP contribution in [0.2, 0.25) is 5.02 Å². The summed E-state index contributed by atoms with van der Waals surface area (Å²) in [6, 6.07) is 11.9. The summed E-state index contributed by atoms with van der Waals surface area (Å²) < 4.78 is 3.61. The van der Waals surface area contributed by atoms with Gasteiger partial charge in [0.05, 0.1) is 12.2 Å². The molecule has 3 aromatic rings. The molecular weight excluding hydrogens is 374 g/mol. The number of amides is 1. The van der Waals surface area contributed by atoms with Gasteiger partial charge in [0, 0.05) is 31.0 Å². The minimum absolute atomic E-state index is 0.108. The summed E-state index contributed by atoms with van der Waals surface area (Å²) in [7, 11) is 1.84. The van der Waals surface area contributed by atoms with E-state index in [9.17, 15) is 4.79 Å². The van der Waals surface area contributed by atoms with Crippen LogP contribution in [-0.2, 0) is 7.05 Å². The molecule has 1 aromatic carbocycles. The molecule has 1 atom stereocenters. The predicted molar refractivity (Wildman–Crippen MR) is 110 cm³/mol. The molecule has 3 heterocycles. The molecular formula is C21H24ClN5O. The maximum Gasteiger partial charge on any atom is 0.256 e. The lowest BCUT2D eigenvalue weighted by atomic mass is 10.1. The van der Waals surface area contributed by atoms with Gasteiger partial charge in [-0.3, -0.25) is 14.4 Å². The number of hydrogen-bond donors (Lipinski definition) is 1. The normalized spacial score (nSPS) is 15.6. The first kappa shape index (κ1) is 18.8. The first-order valence-electron chi connectivity index (χ1n) is 9.56. The van der Waals surface area contributed by atoms with E-state index in [-0.39, 0.29) is 11.9 Å². The highest BCUT2D eigenvalue weighted by atomic mass is 35.5. The standard InChI is InChI=1S/C21H24ClN5O/c1-25-21(27-11-4-5-12-27)18(14-24-25)20(28)23-15-19(26-9-2-3-10-26)16-7-6-8-17(22)13-16/h4-8,11-14,19H,2-3,9-10,15H2,1H3,(H,23,28). The molecule has 7 heteroatoms. The van der Waals surface area contributed by atoms with Gasteiger partial charge in [-0.1, -0.05) is 23.7 Å². The molecule has 1 aliphatic rings. The third-order valence-electron chi connectivity index (χ3n) is 5.27. The molecule has 0 aliphatic carbocycles. The first-order valence-corrected chi connectivity index (χ1v) is 9.94. The van der Waals surface area contributed by atoms with Gasteiger partial charge in [-0.15, -0.1) is 0 Å². The highest BCUT2D eigenvalue weighted by molar-refractivity contribution is 6.30. The number of hydrogen-bond acceptors (Lipinski definition) is 3. The van der Waals surface area contributed by atoms with Crippen molar-refractivity contribution < 1.29 is 4.79 Å². The van der Waals surface area contributed by atoms with Crippen molar-refractivity contribution in [3.8, 4) is 5.82 Å². The van der Waals surface area contributed by atoms with Crippen molar-refractivity contribution >= 4 is 17.5 Å².